The van der Waals surface area contributed by atoms with Gasteiger partial charge in [0.05, 0.1) is 17.7 Å². The van der Waals surface area contributed by atoms with Gasteiger partial charge in [0.1, 0.15) is 0 Å². The Kier molecular flexibility index (Phi) is 4.63. The molecule has 2 N–H and O–H groups in total. The van der Waals surface area contributed by atoms with Gasteiger partial charge in [-0.3, -0.25) is 4.79 Å². The molecule has 1 fully saturated rings. The van der Waals surface area contributed by atoms with Gasteiger partial charge in [-0.1, -0.05) is 31.9 Å². The lowest BCUT2D eigenvalue weighted by Gasteiger charge is -2.39. The average Bonchev–Trinajstić information content (AvgIpc) is 2.39. The molecule has 2 rings (SSSR count). The first kappa shape index (κ1) is 14.5. The van der Waals surface area contributed by atoms with Crippen LogP contribution in [0.4, 0.5) is 0 Å². The molecular weight excluding hydrogens is 306 g/mol. The third-order valence-corrected chi connectivity index (χ3v) is 4.58. The highest BCUT2D eigenvalue weighted by Gasteiger charge is 2.36. The van der Waals surface area contributed by atoms with Gasteiger partial charge in [-0.05, 0) is 46.8 Å². The zero-order valence-corrected chi connectivity index (χ0v) is 12.7. The molecule has 0 saturated heterocycles. The van der Waals surface area contributed by atoms with Crippen LogP contribution in [-0.4, -0.2) is 23.2 Å². The maximum Gasteiger partial charge on any atom is 0.252 e. The van der Waals surface area contributed by atoms with Crippen LogP contribution in [0.5, 0.6) is 0 Å². The Morgan fingerprint density at radius 1 is 1.53 bits per heavy atom. The Morgan fingerprint density at radius 3 is 2.89 bits per heavy atom. The van der Waals surface area contributed by atoms with E-state index < -0.39 is 5.54 Å². The van der Waals surface area contributed by atoms with Crippen LogP contribution in [0, 0.1) is 5.92 Å². The number of benzene rings is 1. The summed E-state index contributed by atoms with van der Waals surface area (Å²) in [6.07, 6.45) is 3.92. The van der Waals surface area contributed by atoms with E-state index in [9.17, 15) is 9.90 Å². The van der Waals surface area contributed by atoms with Crippen molar-refractivity contribution in [3.8, 4) is 0 Å². The quantitative estimate of drug-likeness (QED) is 0.897. The van der Waals surface area contributed by atoms with Gasteiger partial charge in [0, 0.05) is 4.47 Å². The molecular formula is C15H20BrNO2. The van der Waals surface area contributed by atoms with Crippen molar-refractivity contribution < 1.29 is 9.90 Å². The number of halogens is 1. The second-order valence-corrected chi connectivity index (χ2v) is 6.43. The fraction of sp³-hybridized carbons (Fsp3) is 0.533. The van der Waals surface area contributed by atoms with Gasteiger partial charge >= 0.3 is 0 Å². The van der Waals surface area contributed by atoms with Crippen molar-refractivity contribution in [1.29, 1.82) is 0 Å². The van der Waals surface area contributed by atoms with Crippen molar-refractivity contribution in [3.63, 3.8) is 0 Å². The fourth-order valence-electron chi connectivity index (χ4n) is 2.91. The SMILES string of the molecule is CC1CCCC(CO)(NC(=O)c2ccccc2Br)C1. The van der Waals surface area contributed by atoms with E-state index in [0.29, 0.717) is 11.5 Å². The smallest absolute Gasteiger partial charge is 0.252 e. The van der Waals surface area contributed by atoms with Gasteiger partial charge < -0.3 is 10.4 Å². The van der Waals surface area contributed by atoms with Crippen LogP contribution in [0.1, 0.15) is 43.0 Å². The van der Waals surface area contributed by atoms with Crippen molar-refractivity contribution in [2.24, 2.45) is 5.92 Å². The molecule has 4 heteroatoms. The van der Waals surface area contributed by atoms with Crippen LogP contribution in [0.15, 0.2) is 28.7 Å². The standard InChI is InChI=1S/C15H20BrNO2/c1-11-5-4-8-15(9-11,10-18)17-14(19)12-6-2-3-7-13(12)16/h2-3,6-7,11,18H,4-5,8-10H2,1H3,(H,17,19). The van der Waals surface area contributed by atoms with E-state index in [4.69, 9.17) is 0 Å². The van der Waals surface area contributed by atoms with E-state index in [-0.39, 0.29) is 12.5 Å². The molecule has 1 saturated carbocycles. The number of amides is 1. The molecule has 0 aliphatic heterocycles. The van der Waals surface area contributed by atoms with Crippen molar-refractivity contribution in [2.75, 3.05) is 6.61 Å². The maximum absolute atomic E-state index is 12.4. The maximum atomic E-state index is 12.4. The van der Waals surface area contributed by atoms with Crippen LogP contribution in [0.3, 0.4) is 0 Å². The van der Waals surface area contributed by atoms with E-state index in [2.05, 4.69) is 28.2 Å². The number of carbonyl (C=O) groups excluding carboxylic acids is 1. The summed E-state index contributed by atoms with van der Waals surface area (Å²) in [5.41, 5.74) is 0.165. The number of hydrogen-bond donors (Lipinski definition) is 2. The van der Waals surface area contributed by atoms with Crippen molar-refractivity contribution in [2.45, 2.75) is 38.1 Å². The first-order chi connectivity index (χ1) is 9.06. The summed E-state index contributed by atoms with van der Waals surface area (Å²) in [7, 11) is 0. The molecule has 19 heavy (non-hydrogen) atoms. The second-order valence-electron chi connectivity index (χ2n) is 5.57. The molecule has 0 heterocycles. The predicted octanol–water partition coefficient (Wildman–Crippen LogP) is 3.12. The summed E-state index contributed by atoms with van der Waals surface area (Å²) in [6.45, 7) is 2.18. The molecule has 1 amide bonds. The third-order valence-electron chi connectivity index (χ3n) is 3.89. The van der Waals surface area contributed by atoms with E-state index in [1.165, 1.54) is 6.42 Å². The zero-order chi connectivity index (χ0) is 13.9. The van der Waals surface area contributed by atoms with Gasteiger partial charge in [0.2, 0.25) is 0 Å². The van der Waals surface area contributed by atoms with Gasteiger partial charge in [-0.25, -0.2) is 0 Å². The highest BCUT2D eigenvalue weighted by molar-refractivity contribution is 9.10. The normalized spacial score (nSPS) is 27.0. The number of nitrogens with one attached hydrogen (secondary N) is 1. The van der Waals surface area contributed by atoms with Crippen molar-refractivity contribution >= 4 is 21.8 Å². The summed E-state index contributed by atoms with van der Waals surface area (Å²) >= 11 is 3.39. The predicted molar refractivity (Wildman–Crippen MR) is 79.1 cm³/mol. The molecule has 1 aromatic carbocycles. The Hall–Kier alpha value is -0.870. The first-order valence-electron chi connectivity index (χ1n) is 6.74. The number of rotatable bonds is 3. The number of aliphatic hydroxyl groups is 1. The highest BCUT2D eigenvalue weighted by atomic mass is 79.9. The monoisotopic (exact) mass is 325 g/mol. The fourth-order valence-corrected chi connectivity index (χ4v) is 3.38. The summed E-state index contributed by atoms with van der Waals surface area (Å²) in [6, 6.07) is 7.36. The van der Waals surface area contributed by atoms with E-state index in [1.54, 1.807) is 6.07 Å². The lowest BCUT2D eigenvalue weighted by atomic mass is 9.76. The first-order valence-corrected chi connectivity index (χ1v) is 7.53. The van der Waals surface area contributed by atoms with E-state index >= 15 is 0 Å². The summed E-state index contributed by atoms with van der Waals surface area (Å²) in [5.74, 6) is 0.427. The molecule has 1 aliphatic rings. The van der Waals surface area contributed by atoms with Gasteiger partial charge in [0.25, 0.3) is 5.91 Å². The van der Waals surface area contributed by atoms with Gasteiger partial charge in [-0.15, -0.1) is 0 Å². The summed E-state index contributed by atoms with van der Waals surface area (Å²) in [5, 5.41) is 12.7. The highest BCUT2D eigenvalue weighted by Crippen LogP contribution is 2.32. The van der Waals surface area contributed by atoms with Crippen LogP contribution >= 0.6 is 15.9 Å². The topological polar surface area (TPSA) is 49.3 Å². The third kappa shape index (κ3) is 3.37. The molecule has 3 nitrogen and oxygen atoms in total. The molecule has 1 aliphatic carbocycles. The van der Waals surface area contributed by atoms with Crippen LogP contribution in [-0.2, 0) is 0 Å². The Morgan fingerprint density at radius 2 is 2.26 bits per heavy atom. The molecule has 2 atom stereocenters. The largest absolute Gasteiger partial charge is 0.394 e. The van der Waals surface area contributed by atoms with Crippen LogP contribution in [0.25, 0.3) is 0 Å². The number of carbonyl (C=O) groups is 1. The molecule has 1 aromatic rings. The minimum Gasteiger partial charge on any atom is -0.394 e. The van der Waals surface area contributed by atoms with Gasteiger partial charge in [0.15, 0.2) is 0 Å². The van der Waals surface area contributed by atoms with Crippen LogP contribution < -0.4 is 5.32 Å². The van der Waals surface area contributed by atoms with Gasteiger partial charge in [-0.2, -0.15) is 0 Å². The second kappa shape index (κ2) is 6.06. The Balaban J connectivity index is 2.14. The average molecular weight is 326 g/mol. The lowest BCUT2D eigenvalue weighted by molar-refractivity contribution is 0.0696. The molecule has 2 unspecified atom stereocenters. The van der Waals surface area contributed by atoms with E-state index in [0.717, 1.165) is 23.7 Å². The number of hydrogen-bond acceptors (Lipinski definition) is 2. The molecule has 0 aromatic heterocycles. The van der Waals surface area contributed by atoms with E-state index in [1.807, 2.05) is 18.2 Å². The van der Waals surface area contributed by atoms with Crippen molar-refractivity contribution in [1.82, 2.24) is 5.32 Å². The molecule has 0 bridgehead atoms. The summed E-state index contributed by atoms with van der Waals surface area (Å²) < 4.78 is 0.782. The Bertz CT molecular complexity index is 463. The summed E-state index contributed by atoms with van der Waals surface area (Å²) in [4.78, 5) is 12.4. The minimum atomic E-state index is -0.454. The molecule has 0 spiro atoms. The van der Waals surface area contributed by atoms with Crippen molar-refractivity contribution in [3.05, 3.63) is 34.3 Å². The Labute approximate surface area is 122 Å². The number of aliphatic hydroxyl groups excluding tert-OH is 1. The molecule has 0 radical (unpaired) electrons. The molecule has 104 valence electrons. The van der Waals surface area contributed by atoms with Crippen LogP contribution in [0.2, 0.25) is 0 Å². The zero-order valence-electron chi connectivity index (χ0n) is 11.2. The lowest BCUT2D eigenvalue weighted by Crippen LogP contribution is -2.53. The minimum absolute atomic E-state index is 0.00747.